The van der Waals surface area contributed by atoms with Gasteiger partial charge in [-0.15, -0.1) is 11.3 Å². The molecule has 0 unspecified atom stereocenters. The second-order valence-corrected chi connectivity index (χ2v) is 6.28. The summed E-state index contributed by atoms with van der Waals surface area (Å²) in [6.45, 7) is 0.521. The van der Waals surface area contributed by atoms with E-state index >= 15 is 0 Å². The Balaban J connectivity index is 1.51. The van der Waals surface area contributed by atoms with Crippen molar-refractivity contribution in [1.82, 2.24) is 10.3 Å². The predicted octanol–water partition coefficient (Wildman–Crippen LogP) is 3.37. The topological polar surface area (TPSA) is 71.1 Å². The number of aromatic nitrogens is 1. The van der Waals surface area contributed by atoms with E-state index in [-0.39, 0.29) is 11.8 Å². The zero-order valence-corrected chi connectivity index (χ0v) is 14.3. The highest BCUT2D eigenvalue weighted by Crippen LogP contribution is 2.14. The normalized spacial score (nSPS) is 10.2. The van der Waals surface area contributed by atoms with E-state index in [0.717, 1.165) is 5.69 Å². The Labute approximate surface area is 149 Å². The highest BCUT2D eigenvalue weighted by Gasteiger charge is 2.08. The van der Waals surface area contributed by atoms with Gasteiger partial charge in [0.1, 0.15) is 0 Å². The first-order valence-corrected chi connectivity index (χ1v) is 8.73. The van der Waals surface area contributed by atoms with Gasteiger partial charge >= 0.3 is 0 Å². The van der Waals surface area contributed by atoms with Gasteiger partial charge < -0.3 is 10.6 Å². The second kappa shape index (κ2) is 8.21. The van der Waals surface area contributed by atoms with Gasteiger partial charge in [0.25, 0.3) is 11.8 Å². The van der Waals surface area contributed by atoms with Gasteiger partial charge in [0, 0.05) is 36.1 Å². The zero-order valence-electron chi connectivity index (χ0n) is 13.4. The van der Waals surface area contributed by atoms with Crippen LogP contribution in [0.15, 0.2) is 66.2 Å². The first-order chi connectivity index (χ1) is 12.2. The average molecular weight is 351 g/mol. The van der Waals surface area contributed by atoms with E-state index in [4.69, 9.17) is 0 Å². The van der Waals surface area contributed by atoms with Gasteiger partial charge in [0.2, 0.25) is 0 Å². The van der Waals surface area contributed by atoms with Crippen LogP contribution in [-0.2, 0) is 6.42 Å². The van der Waals surface area contributed by atoms with Gasteiger partial charge in [-0.05, 0) is 47.8 Å². The third-order valence-electron chi connectivity index (χ3n) is 3.54. The van der Waals surface area contributed by atoms with Crippen LogP contribution in [0.4, 0.5) is 5.69 Å². The summed E-state index contributed by atoms with van der Waals surface area (Å²) < 4.78 is 0. The van der Waals surface area contributed by atoms with Crippen LogP contribution < -0.4 is 10.6 Å². The van der Waals surface area contributed by atoms with Crippen LogP contribution in [0.2, 0.25) is 0 Å². The number of nitrogens with one attached hydrogen (secondary N) is 2. The maximum Gasteiger partial charge on any atom is 0.265 e. The average Bonchev–Trinajstić information content (AvgIpc) is 3.18. The molecule has 0 aliphatic rings. The predicted molar refractivity (Wildman–Crippen MR) is 99.0 cm³/mol. The van der Waals surface area contributed by atoms with Crippen molar-refractivity contribution in [2.24, 2.45) is 0 Å². The number of hydrogen-bond donors (Lipinski definition) is 2. The molecule has 5 nitrogen and oxygen atoms in total. The first-order valence-electron chi connectivity index (χ1n) is 7.85. The van der Waals surface area contributed by atoms with Crippen molar-refractivity contribution in [1.29, 1.82) is 0 Å². The minimum Gasteiger partial charge on any atom is -0.352 e. The van der Waals surface area contributed by atoms with E-state index in [1.807, 2.05) is 29.6 Å². The van der Waals surface area contributed by atoms with Crippen LogP contribution >= 0.6 is 11.3 Å². The zero-order chi connectivity index (χ0) is 17.5. The van der Waals surface area contributed by atoms with E-state index in [9.17, 15) is 9.59 Å². The fourth-order valence-electron chi connectivity index (χ4n) is 2.26. The number of nitrogens with zero attached hydrogens (tertiary/aromatic N) is 1. The summed E-state index contributed by atoms with van der Waals surface area (Å²) >= 11 is 1.38. The molecule has 0 aliphatic heterocycles. The lowest BCUT2D eigenvalue weighted by Gasteiger charge is -2.07. The van der Waals surface area contributed by atoms with Gasteiger partial charge in [-0.25, -0.2) is 0 Å². The van der Waals surface area contributed by atoms with Crippen molar-refractivity contribution in [3.8, 4) is 0 Å². The summed E-state index contributed by atoms with van der Waals surface area (Å²) in [6.07, 6.45) is 2.42. The molecule has 2 amide bonds. The molecule has 2 N–H and O–H groups in total. The molecule has 6 heteroatoms. The number of anilines is 1. The summed E-state index contributed by atoms with van der Waals surface area (Å²) in [5.41, 5.74) is 2.15. The lowest BCUT2D eigenvalue weighted by molar-refractivity contribution is 0.0953. The molecular formula is C19H17N3O2S. The number of hydrogen-bond acceptors (Lipinski definition) is 4. The van der Waals surface area contributed by atoms with E-state index in [2.05, 4.69) is 15.6 Å². The summed E-state index contributed by atoms with van der Waals surface area (Å²) in [4.78, 5) is 29.0. The van der Waals surface area contributed by atoms with Crippen molar-refractivity contribution >= 4 is 28.8 Å². The Morgan fingerprint density at radius 3 is 2.48 bits per heavy atom. The van der Waals surface area contributed by atoms with E-state index in [1.165, 1.54) is 11.3 Å². The van der Waals surface area contributed by atoms with Crippen LogP contribution in [-0.4, -0.2) is 23.3 Å². The highest BCUT2D eigenvalue weighted by molar-refractivity contribution is 7.12. The molecule has 0 bridgehead atoms. The molecular weight excluding hydrogens is 334 g/mol. The van der Waals surface area contributed by atoms with Crippen molar-refractivity contribution in [3.63, 3.8) is 0 Å². The van der Waals surface area contributed by atoms with Gasteiger partial charge in [-0.2, -0.15) is 0 Å². The molecule has 0 atom stereocenters. The molecule has 3 aromatic rings. The van der Waals surface area contributed by atoms with Crippen molar-refractivity contribution < 1.29 is 9.59 Å². The van der Waals surface area contributed by atoms with Crippen molar-refractivity contribution in [2.75, 3.05) is 11.9 Å². The van der Waals surface area contributed by atoms with Crippen LogP contribution in [0.3, 0.4) is 0 Å². The van der Waals surface area contributed by atoms with E-state index in [1.54, 1.807) is 36.5 Å². The lowest BCUT2D eigenvalue weighted by Crippen LogP contribution is -2.25. The van der Waals surface area contributed by atoms with Gasteiger partial charge in [-0.3, -0.25) is 14.6 Å². The number of carbonyl (C=O) groups is 2. The third kappa shape index (κ3) is 4.74. The molecule has 0 radical (unpaired) electrons. The van der Waals surface area contributed by atoms with Gasteiger partial charge in [-0.1, -0.05) is 12.1 Å². The molecule has 2 aromatic heterocycles. The Morgan fingerprint density at radius 2 is 1.80 bits per heavy atom. The minimum absolute atomic E-state index is 0.146. The van der Waals surface area contributed by atoms with Crippen LogP contribution in [0.25, 0.3) is 0 Å². The fourth-order valence-corrected chi connectivity index (χ4v) is 2.88. The third-order valence-corrected chi connectivity index (χ3v) is 4.41. The minimum atomic E-state index is -0.150. The van der Waals surface area contributed by atoms with E-state index in [0.29, 0.717) is 29.1 Å². The van der Waals surface area contributed by atoms with E-state index < -0.39 is 0 Å². The molecule has 0 saturated carbocycles. The molecule has 0 fully saturated rings. The van der Waals surface area contributed by atoms with Gasteiger partial charge in [0.05, 0.1) is 4.88 Å². The Morgan fingerprint density at radius 1 is 0.960 bits per heavy atom. The number of thiophene rings is 1. The Hall–Kier alpha value is -2.99. The number of benzene rings is 1. The molecule has 3 rings (SSSR count). The molecule has 0 aliphatic carbocycles. The number of carbonyl (C=O) groups excluding carboxylic acids is 2. The second-order valence-electron chi connectivity index (χ2n) is 5.34. The number of pyridine rings is 1. The van der Waals surface area contributed by atoms with Crippen LogP contribution in [0.5, 0.6) is 0 Å². The van der Waals surface area contributed by atoms with Crippen LogP contribution in [0.1, 0.15) is 25.7 Å². The smallest absolute Gasteiger partial charge is 0.265 e. The highest BCUT2D eigenvalue weighted by atomic mass is 32.1. The maximum absolute atomic E-state index is 12.1. The monoisotopic (exact) mass is 351 g/mol. The standard InChI is InChI=1S/C19H17N3O2S/c23-18(21-12-10-15-4-1-2-11-20-15)14-6-8-16(9-7-14)22-19(24)17-5-3-13-25-17/h1-9,11,13H,10,12H2,(H,21,23)(H,22,24). The molecule has 1 aromatic carbocycles. The van der Waals surface area contributed by atoms with Crippen LogP contribution in [0, 0.1) is 0 Å². The molecule has 0 spiro atoms. The molecule has 2 heterocycles. The lowest BCUT2D eigenvalue weighted by atomic mass is 10.2. The van der Waals surface area contributed by atoms with Crippen molar-refractivity contribution in [2.45, 2.75) is 6.42 Å². The SMILES string of the molecule is O=C(NCCc1ccccn1)c1ccc(NC(=O)c2cccs2)cc1. The summed E-state index contributed by atoms with van der Waals surface area (Å²) in [7, 11) is 0. The molecule has 25 heavy (non-hydrogen) atoms. The summed E-state index contributed by atoms with van der Waals surface area (Å²) in [6, 6.07) is 16.1. The van der Waals surface area contributed by atoms with Crippen molar-refractivity contribution in [3.05, 3.63) is 82.3 Å². The largest absolute Gasteiger partial charge is 0.352 e. The quantitative estimate of drug-likeness (QED) is 0.715. The Kier molecular flexibility index (Phi) is 5.53. The summed E-state index contributed by atoms with van der Waals surface area (Å²) in [5.74, 6) is -0.297. The number of amides is 2. The van der Waals surface area contributed by atoms with Gasteiger partial charge in [0.15, 0.2) is 0 Å². The first kappa shape index (κ1) is 16.9. The Bertz CT molecular complexity index is 831. The molecule has 126 valence electrons. The number of rotatable bonds is 6. The maximum atomic E-state index is 12.1. The molecule has 0 saturated heterocycles. The summed E-state index contributed by atoms with van der Waals surface area (Å²) in [5, 5.41) is 7.53. The fraction of sp³-hybridized carbons (Fsp3) is 0.105.